The molecule has 0 fully saturated rings. The summed E-state index contributed by atoms with van der Waals surface area (Å²) in [5, 5.41) is 3.29. The van der Waals surface area contributed by atoms with Gasteiger partial charge in [0.2, 0.25) is 0 Å². The molecule has 1 aliphatic heterocycles. The second kappa shape index (κ2) is 5.66. The maximum atomic E-state index is 12.4. The maximum absolute atomic E-state index is 12.4. The van der Waals surface area contributed by atoms with E-state index in [0.717, 1.165) is 17.7 Å². The largest absolute Gasteiger partial charge is 0.493 e. The van der Waals surface area contributed by atoms with Crippen molar-refractivity contribution >= 4 is 23.2 Å². The Morgan fingerprint density at radius 1 is 1.24 bits per heavy atom. The molecule has 2 aromatic rings. The summed E-state index contributed by atoms with van der Waals surface area (Å²) in [6.07, 6.45) is 0.725. The number of hydrogen-bond acceptors (Lipinski definition) is 3. The Labute approximate surface area is 127 Å². The van der Waals surface area contributed by atoms with Crippen molar-refractivity contribution in [1.82, 2.24) is 5.32 Å². The zero-order valence-electron chi connectivity index (χ0n) is 11.3. The monoisotopic (exact) mass is 302 g/mol. The lowest BCUT2D eigenvalue weighted by Gasteiger charge is -2.26. The van der Waals surface area contributed by atoms with Crippen LogP contribution in [0.15, 0.2) is 42.5 Å². The number of rotatable bonds is 2. The van der Waals surface area contributed by atoms with Crippen molar-refractivity contribution in [1.29, 1.82) is 0 Å². The van der Waals surface area contributed by atoms with Gasteiger partial charge < -0.3 is 15.8 Å². The quantitative estimate of drug-likeness (QED) is 0.837. The van der Waals surface area contributed by atoms with Gasteiger partial charge in [0.15, 0.2) is 0 Å². The number of nitrogens with two attached hydrogens (primary N) is 1. The van der Waals surface area contributed by atoms with Crippen LogP contribution < -0.4 is 15.8 Å². The number of fused-ring (bicyclic) bond motifs is 1. The van der Waals surface area contributed by atoms with Crippen LogP contribution in [0, 0.1) is 0 Å². The molecule has 2 aromatic carbocycles. The van der Waals surface area contributed by atoms with Crippen LogP contribution in [0.4, 0.5) is 5.69 Å². The van der Waals surface area contributed by atoms with Crippen LogP contribution >= 0.6 is 11.6 Å². The first-order chi connectivity index (χ1) is 10.2. The van der Waals surface area contributed by atoms with Crippen molar-refractivity contribution in [2.24, 2.45) is 0 Å². The molecule has 0 bridgehead atoms. The van der Waals surface area contributed by atoms with E-state index in [1.165, 1.54) is 0 Å². The van der Waals surface area contributed by atoms with E-state index >= 15 is 0 Å². The van der Waals surface area contributed by atoms with Crippen LogP contribution in [0.1, 0.15) is 28.4 Å². The van der Waals surface area contributed by atoms with Gasteiger partial charge >= 0.3 is 0 Å². The lowest BCUT2D eigenvalue weighted by atomic mass is 10.00. The van der Waals surface area contributed by atoms with E-state index in [1.807, 2.05) is 24.3 Å². The van der Waals surface area contributed by atoms with Gasteiger partial charge in [0.05, 0.1) is 28.9 Å². The topological polar surface area (TPSA) is 64.4 Å². The number of ether oxygens (including phenoxy) is 1. The van der Waals surface area contributed by atoms with Gasteiger partial charge in [0.1, 0.15) is 5.75 Å². The molecule has 3 rings (SSSR count). The summed E-state index contributed by atoms with van der Waals surface area (Å²) in [7, 11) is 0. The van der Waals surface area contributed by atoms with Crippen molar-refractivity contribution in [3.05, 3.63) is 58.6 Å². The third-order valence-corrected chi connectivity index (χ3v) is 3.96. The molecular weight excluding hydrogens is 288 g/mol. The van der Waals surface area contributed by atoms with Crippen molar-refractivity contribution < 1.29 is 9.53 Å². The summed E-state index contributed by atoms with van der Waals surface area (Å²) in [5.41, 5.74) is 7.51. The van der Waals surface area contributed by atoms with Crippen molar-refractivity contribution in [3.63, 3.8) is 0 Å². The highest BCUT2D eigenvalue weighted by atomic mass is 35.5. The molecule has 0 saturated carbocycles. The first-order valence-electron chi connectivity index (χ1n) is 6.73. The molecule has 0 saturated heterocycles. The summed E-state index contributed by atoms with van der Waals surface area (Å²) in [6.45, 7) is 0.576. The molecule has 1 aliphatic rings. The second-order valence-corrected chi connectivity index (χ2v) is 5.29. The van der Waals surface area contributed by atoms with E-state index < -0.39 is 0 Å². The number of amides is 1. The van der Waals surface area contributed by atoms with Crippen LogP contribution in [0.2, 0.25) is 5.02 Å². The minimum atomic E-state index is -0.228. The van der Waals surface area contributed by atoms with Gasteiger partial charge in [-0.1, -0.05) is 35.9 Å². The molecule has 108 valence electrons. The lowest BCUT2D eigenvalue weighted by Crippen LogP contribution is -2.32. The third-order valence-electron chi connectivity index (χ3n) is 3.54. The van der Waals surface area contributed by atoms with E-state index in [4.69, 9.17) is 22.1 Å². The summed E-state index contributed by atoms with van der Waals surface area (Å²) in [5.74, 6) is 0.585. The van der Waals surface area contributed by atoms with Crippen molar-refractivity contribution in [2.45, 2.75) is 12.5 Å². The average molecular weight is 303 g/mol. The number of nitrogens with one attached hydrogen (secondary N) is 1. The Balaban J connectivity index is 1.85. The summed E-state index contributed by atoms with van der Waals surface area (Å²) < 4.78 is 5.59. The molecule has 1 amide bonds. The van der Waals surface area contributed by atoms with E-state index in [0.29, 0.717) is 17.9 Å². The second-order valence-electron chi connectivity index (χ2n) is 4.91. The molecule has 0 spiro atoms. The number of halogens is 1. The Hall–Kier alpha value is -2.20. The highest BCUT2D eigenvalue weighted by Crippen LogP contribution is 2.32. The molecule has 0 aliphatic carbocycles. The van der Waals surface area contributed by atoms with Gasteiger partial charge in [-0.15, -0.1) is 0 Å². The minimum absolute atomic E-state index is 0.0834. The van der Waals surface area contributed by atoms with Gasteiger partial charge in [0.25, 0.3) is 5.91 Å². The van der Waals surface area contributed by atoms with Crippen LogP contribution in [-0.2, 0) is 0 Å². The molecule has 1 heterocycles. The highest BCUT2D eigenvalue weighted by Gasteiger charge is 2.24. The van der Waals surface area contributed by atoms with E-state index in [-0.39, 0.29) is 17.0 Å². The molecule has 0 radical (unpaired) electrons. The third kappa shape index (κ3) is 2.67. The average Bonchev–Trinajstić information content (AvgIpc) is 2.50. The zero-order valence-corrected chi connectivity index (χ0v) is 12.1. The number of benzene rings is 2. The normalized spacial score (nSPS) is 16.7. The first kappa shape index (κ1) is 13.8. The molecule has 4 nitrogen and oxygen atoms in total. The minimum Gasteiger partial charge on any atom is -0.493 e. The summed E-state index contributed by atoms with van der Waals surface area (Å²) in [6, 6.07) is 12.7. The Kier molecular flexibility index (Phi) is 3.71. The molecule has 0 aromatic heterocycles. The highest BCUT2D eigenvalue weighted by molar-refractivity contribution is 6.36. The molecular formula is C16H15ClN2O2. The summed E-state index contributed by atoms with van der Waals surface area (Å²) in [4.78, 5) is 12.4. The smallest absolute Gasteiger partial charge is 0.253 e. The van der Waals surface area contributed by atoms with Crippen LogP contribution in [0.25, 0.3) is 0 Å². The van der Waals surface area contributed by atoms with Gasteiger partial charge in [-0.25, -0.2) is 0 Å². The fraction of sp³-hybridized carbons (Fsp3) is 0.188. The number of carbonyl (C=O) groups is 1. The van der Waals surface area contributed by atoms with E-state index in [2.05, 4.69) is 5.32 Å². The number of para-hydroxylation sites is 1. The maximum Gasteiger partial charge on any atom is 0.253 e. The van der Waals surface area contributed by atoms with Crippen molar-refractivity contribution in [3.8, 4) is 5.75 Å². The van der Waals surface area contributed by atoms with Crippen LogP contribution in [0.3, 0.4) is 0 Å². The Morgan fingerprint density at radius 2 is 2.05 bits per heavy atom. The van der Waals surface area contributed by atoms with Crippen molar-refractivity contribution in [2.75, 3.05) is 12.3 Å². The fourth-order valence-corrected chi connectivity index (χ4v) is 2.67. The number of hydrogen-bond donors (Lipinski definition) is 2. The van der Waals surface area contributed by atoms with Gasteiger partial charge in [-0.05, 0) is 18.2 Å². The Morgan fingerprint density at radius 3 is 2.90 bits per heavy atom. The number of anilines is 1. The van der Waals surface area contributed by atoms with Gasteiger partial charge in [0, 0.05) is 12.0 Å². The number of nitrogen functional groups attached to an aromatic ring is 1. The number of carbonyl (C=O) groups excluding carboxylic acids is 1. The first-order valence-corrected chi connectivity index (χ1v) is 7.11. The zero-order chi connectivity index (χ0) is 14.8. The lowest BCUT2D eigenvalue weighted by molar-refractivity contribution is 0.0925. The fourth-order valence-electron chi connectivity index (χ4n) is 2.45. The predicted molar refractivity (Wildman–Crippen MR) is 82.6 cm³/mol. The van der Waals surface area contributed by atoms with Gasteiger partial charge in [-0.3, -0.25) is 4.79 Å². The molecule has 21 heavy (non-hydrogen) atoms. The molecule has 1 atom stereocenters. The van der Waals surface area contributed by atoms with E-state index in [1.54, 1.807) is 18.2 Å². The molecule has 3 N–H and O–H groups in total. The van der Waals surface area contributed by atoms with Crippen LogP contribution in [0.5, 0.6) is 5.75 Å². The van der Waals surface area contributed by atoms with Gasteiger partial charge in [-0.2, -0.15) is 0 Å². The molecule has 1 unspecified atom stereocenters. The summed E-state index contributed by atoms with van der Waals surface area (Å²) >= 11 is 6.10. The van der Waals surface area contributed by atoms with Crippen LogP contribution in [-0.4, -0.2) is 12.5 Å². The molecule has 5 heteroatoms. The van der Waals surface area contributed by atoms with E-state index in [9.17, 15) is 4.79 Å². The Bertz CT molecular complexity index is 688. The SMILES string of the molecule is Nc1cccc(C(=O)NC2CCOc3ccccc32)c1Cl. The standard InChI is InChI=1S/C16H15ClN2O2/c17-15-11(5-3-6-12(15)18)16(20)19-13-8-9-21-14-7-2-1-4-10(13)14/h1-7,13H,8-9,18H2,(H,19,20). The predicted octanol–water partition coefficient (Wildman–Crippen LogP) is 3.18.